The highest BCUT2D eigenvalue weighted by Gasteiger charge is 2.12. The van der Waals surface area contributed by atoms with Gasteiger partial charge in [0.2, 0.25) is 5.91 Å². The van der Waals surface area contributed by atoms with E-state index in [4.69, 9.17) is 10.9 Å². The van der Waals surface area contributed by atoms with Crippen molar-refractivity contribution in [3.63, 3.8) is 0 Å². The van der Waals surface area contributed by atoms with Gasteiger partial charge in [-0.15, -0.1) is 0 Å². The Hall–Kier alpha value is -1.88. The van der Waals surface area contributed by atoms with Gasteiger partial charge in [-0.05, 0) is 24.6 Å². The summed E-state index contributed by atoms with van der Waals surface area (Å²) in [4.78, 5) is 21.9. The number of amides is 2. The van der Waals surface area contributed by atoms with Crippen LogP contribution in [-0.4, -0.2) is 17.0 Å². The van der Waals surface area contributed by atoms with Crippen LogP contribution in [0.15, 0.2) is 24.3 Å². The van der Waals surface area contributed by atoms with Gasteiger partial charge in [-0.25, -0.2) is 5.48 Å². The largest absolute Gasteiger partial charge is 0.369 e. The molecule has 0 saturated heterocycles. The zero-order valence-corrected chi connectivity index (χ0v) is 8.23. The quantitative estimate of drug-likeness (QED) is 0.495. The van der Waals surface area contributed by atoms with Crippen molar-refractivity contribution in [3.05, 3.63) is 35.4 Å². The van der Waals surface area contributed by atoms with Gasteiger partial charge in [0.15, 0.2) is 0 Å². The van der Waals surface area contributed by atoms with E-state index >= 15 is 0 Å². The minimum absolute atomic E-state index is 0.318. The molecule has 1 aromatic carbocycles. The summed E-state index contributed by atoms with van der Waals surface area (Å²) >= 11 is 0. The number of benzene rings is 1. The van der Waals surface area contributed by atoms with Crippen LogP contribution in [0, 0.1) is 0 Å². The minimum atomic E-state index is -0.590. The fourth-order valence-corrected chi connectivity index (χ4v) is 1.15. The average Bonchev–Trinajstić information content (AvgIpc) is 2.27. The molecule has 0 radical (unpaired) electrons. The minimum Gasteiger partial charge on any atom is -0.369 e. The molecule has 0 saturated carbocycles. The van der Waals surface area contributed by atoms with E-state index < -0.39 is 17.7 Å². The molecule has 80 valence electrons. The van der Waals surface area contributed by atoms with E-state index in [0.717, 1.165) is 5.56 Å². The number of primary amides is 1. The molecule has 0 heterocycles. The number of hydrogen-bond acceptors (Lipinski definition) is 3. The molecule has 0 aliphatic carbocycles. The smallest absolute Gasteiger partial charge is 0.274 e. The van der Waals surface area contributed by atoms with Gasteiger partial charge in [0.25, 0.3) is 5.91 Å². The number of nitrogens with two attached hydrogens (primary N) is 1. The van der Waals surface area contributed by atoms with Crippen molar-refractivity contribution in [2.24, 2.45) is 5.73 Å². The van der Waals surface area contributed by atoms with E-state index in [1.807, 2.05) is 0 Å². The number of hydroxylamine groups is 1. The zero-order valence-electron chi connectivity index (χ0n) is 8.23. The van der Waals surface area contributed by atoms with Crippen LogP contribution in [0.4, 0.5) is 0 Å². The molecule has 0 aliphatic rings. The molecule has 2 amide bonds. The molecule has 1 rings (SSSR count). The Morgan fingerprint density at radius 2 is 1.87 bits per heavy atom. The van der Waals surface area contributed by atoms with E-state index in [1.165, 1.54) is 17.6 Å². The highest BCUT2D eigenvalue weighted by Crippen LogP contribution is 2.15. The predicted octanol–water partition coefficient (Wildman–Crippen LogP) is 0.394. The van der Waals surface area contributed by atoms with Gasteiger partial charge in [0.1, 0.15) is 0 Å². The Morgan fingerprint density at radius 3 is 2.27 bits per heavy atom. The molecule has 5 nitrogen and oxygen atoms in total. The maximum atomic E-state index is 11.0. The monoisotopic (exact) mass is 208 g/mol. The number of nitrogens with one attached hydrogen (secondary N) is 1. The summed E-state index contributed by atoms with van der Waals surface area (Å²) in [7, 11) is 0. The maximum absolute atomic E-state index is 11.0. The second-order valence-electron chi connectivity index (χ2n) is 3.19. The van der Waals surface area contributed by atoms with Gasteiger partial charge < -0.3 is 5.73 Å². The Bertz CT molecular complexity index is 373. The standard InChI is InChI=1S/C10H12N2O3/c1-6(9(11)13)7-2-4-8(5-3-7)10(14)12-15/h2-6,15H,1H3,(H2,11,13)(H,12,14). The molecule has 15 heavy (non-hydrogen) atoms. The lowest BCUT2D eigenvalue weighted by atomic mass is 9.99. The fourth-order valence-electron chi connectivity index (χ4n) is 1.15. The third-order valence-corrected chi connectivity index (χ3v) is 2.20. The van der Waals surface area contributed by atoms with E-state index in [-0.39, 0.29) is 0 Å². The first-order valence-corrected chi connectivity index (χ1v) is 4.40. The van der Waals surface area contributed by atoms with Crippen LogP contribution in [0.5, 0.6) is 0 Å². The molecule has 0 fully saturated rings. The summed E-state index contributed by atoms with van der Waals surface area (Å²) in [5.41, 5.74) is 7.71. The van der Waals surface area contributed by atoms with E-state index in [9.17, 15) is 9.59 Å². The molecule has 1 unspecified atom stereocenters. The molecular weight excluding hydrogens is 196 g/mol. The summed E-state index contributed by atoms with van der Waals surface area (Å²) in [5.74, 6) is -1.40. The van der Waals surface area contributed by atoms with Crippen LogP contribution >= 0.6 is 0 Å². The van der Waals surface area contributed by atoms with Crippen molar-refractivity contribution in [1.29, 1.82) is 0 Å². The Balaban J connectivity index is 2.90. The van der Waals surface area contributed by atoms with Crippen molar-refractivity contribution in [3.8, 4) is 0 Å². The van der Waals surface area contributed by atoms with E-state index in [0.29, 0.717) is 5.56 Å². The first kappa shape index (κ1) is 11.2. The predicted molar refractivity (Wildman–Crippen MR) is 53.3 cm³/mol. The topological polar surface area (TPSA) is 92.4 Å². The summed E-state index contributed by atoms with van der Waals surface area (Å²) in [6.07, 6.45) is 0. The van der Waals surface area contributed by atoms with Gasteiger partial charge in [-0.1, -0.05) is 12.1 Å². The van der Waals surface area contributed by atoms with Gasteiger partial charge in [0.05, 0.1) is 5.92 Å². The van der Waals surface area contributed by atoms with Gasteiger partial charge in [-0.2, -0.15) is 0 Å². The lowest BCUT2D eigenvalue weighted by Gasteiger charge is -2.07. The highest BCUT2D eigenvalue weighted by molar-refractivity contribution is 5.93. The number of carbonyl (C=O) groups is 2. The molecule has 1 atom stereocenters. The van der Waals surface area contributed by atoms with Crippen LogP contribution in [0.2, 0.25) is 0 Å². The van der Waals surface area contributed by atoms with Crippen molar-refractivity contribution in [2.75, 3.05) is 0 Å². The third-order valence-electron chi connectivity index (χ3n) is 2.20. The Morgan fingerprint density at radius 1 is 1.33 bits per heavy atom. The molecule has 0 spiro atoms. The highest BCUT2D eigenvalue weighted by atomic mass is 16.5. The first-order chi connectivity index (χ1) is 7.06. The molecule has 4 N–H and O–H groups in total. The fraction of sp³-hybridized carbons (Fsp3) is 0.200. The molecule has 1 aromatic rings. The van der Waals surface area contributed by atoms with Crippen LogP contribution in [0.25, 0.3) is 0 Å². The van der Waals surface area contributed by atoms with E-state index in [1.54, 1.807) is 19.1 Å². The SMILES string of the molecule is CC(C(N)=O)c1ccc(C(=O)NO)cc1. The van der Waals surface area contributed by atoms with Crippen LogP contribution < -0.4 is 11.2 Å². The Kier molecular flexibility index (Phi) is 3.41. The number of rotatable bonds is 3. The molecule has 0 aromatic heterocycles. The molecule has 0 bridgehead atoms. The number of carbonyl (C=O) groups excluding carboxylic acids is 2. The Labute approximate surface area is 86.9 Å². The van der Waals surface area contributed by atoms with Crippen LogP contribution in [-0.2, 0) is 4.79 Å². The first-order valence-electron chi connectivity index (χ1n) is 4.40. The van der Waals surface area contributed by atoms with Gasteiger partial charge in [-0.3, -0.25) is 14.8 Å². The van der Waals surface area contributed by atoms with Crippen molar-refractivity contribution >= 4 is 11.8 Å². The molecular formula is C10H12N2O3. The number of hydrogen-bond donors (Lipinski definition) is 3. The van der Waals surface area contributed by atoms with Crippen molar-refractivity contribution in [1.82, 2.24) is 5.48 Å². The lowest BCUT2D eigenvalue weighted by molar-refractivity contribution is -0.119. The second-order valence-corrected chi connectivity index (χ2v) is 3.19. The second kappa shape index (κ2) is 4.56. The summed E-state index contributed by atoms with van der Waals surface area (Å²) < 4.78 is 0. The van der Waals surface area contributed by atoms with Crippen LogP contribution in [0.1, 0.15) is 28.8 Å². The van der Waals surface area contributed by atoms with Gasteiger partial charge >= 0.3 is 0 Å². The summed E-state index contributed by atoms with van der Waals surface area (Å²) in [5, 5.41) is 8.38. The van der Waals surface area contributed by atoms with Gasteiger partial charge in [0, 0.05) is 5.56 Å². The normalized spacial score (nSPS) is 11.9. The van der Waals surface area contributed by atoms with Crippen molar-refractivity contribution in [2.45, 2.75) is 12.8 Å². The molecule has 5 heteroatoms. The summed E-state index contributed by atoms with van der Waals surface area (Å²) in [6.45, 7) is 1.68. The van der Waals surface area contributed by atoms with E-state index in [2.05, 4.69) is 0 Å². The van der Waals surface area contributed by atoms with Crippen molar-refractivity contribution < 1.29 is 14.8 Å². The third kappa shape index (κ3) is 2.54. The van der Waals surface area contributed by atoms with Crippen LogP contribution in [0.3, 0.4) is 0 Å². The average molecular weight is 208 g/mol. The zero-order chi connectivity index (χ0) is 11.4. The lowest BCUT2D eigenvalue weighted by Crippen LogP contribution is -2.20. The molecule has 0 aliphatic heterocycles. The maximum Gasteiger partial charge on any atom is 0.274 e. The summed E-state index contributed by atoms with van der Waals surface area (Å²) in [6, 6.07) is 6.28.